The second-order valence-electron chi connectivity index (χ2n) is 11.7. The number of rotatable bonds is 3. The highest BCUT2D eigenvalue weighted by Crippen LogP contribution is 2.38. The van der Waals surface area contributed by atoms with Crippen LogP contribution in [0.4, 0.5) is 0 Å². The quantitative estimate of drug-likeness (QED) is 0.238. The highest BCUT2D eigenvalue weighted by atomic mass is 28.3. The van der Waals surface area contributed by atoms with Gasteiger partial charge in [0.1, 0.15) is 16.7 Å². The summed E-state index contributed by atoms with van der Waals surface area (Å²) < 4.78 is 8.74. The molecule has 5 heteroatoms. The van der Waals surface area contributed by atoms with Crippen molar-refractivity contribution in [3.05, 3.63) is 84.6 Å². The largest absolute Gasteiger partial charge is 0.455 e. The summed E-state index contributed by atoms with van der Waals surface area (Å²) >= 11 is 0. The lowest BCUT2D eigenvalue weighted by Gasteiger charge is -2.18. The molecule has 36 heavy (non-hydrogen) atoms. The molecule has 6 rings (SSSR count). The third-order valence-electron chi connectivity index (χ3n) is 6.98. The number of fused-ring (bicyclic) bond motifs is 4. The molecule has 3 aromatic carbocycles. The minimum atomic E-state index is -1.46. The first kappa shape index (κ1) is 22.7. The molecule has 3 heterocycles. The zero-order chi connectivity index (χ0) is 25.2. The third-order valence-corrected chi connectivity index (χ3v) is 9.03. The Balaban J connectivity index is 1.66. The van der Waals surface area contributed by atoms with Gasteiger partial charge < -0.3 is 4.42 Å². The van der Waals surface area contributed by atoms with E-state index in [0.29, 0.717) is 0 Å². The maximum absolute atomic E-state index is 6.59. The Labute approximate surface area is 212 Å². The van der Waals surface area contributed by atoms with Crippen molar-refractivity contribution in [1.82, 2.24) is 14.5 Å². The fourth-order valence-electron chi connectivity index (χ4n) is 4.82. The maximum Gasteiger partial charge on any atom is 0.164 e. The molecular formula is C31H31N3OSi. The summed E-state index contributed by atoms with van der Waals surface area (Å²) in [5.41, 5.74) is 6.69. The van der Waals surface area contributed by atoms with Gasteiger partial charge in [-0.3, -0.25) is 4.57 Å². The smallest absolute Gasteiger partial charge is 0.164 e. The van der Waals surface area contributed by atoms with Crippen LogP contribution in [0.1, 0.15) is 26.3 Å². The van der Waals surface area contributed by atoms with Crippen molar-refractivity contribution in [2.45, 2.75) is 45.8 Å². The van der Waals surface area contributed by atoms with Gasteiger partial charge in [0.25, 0.3) is 0 Å². The number of furan rings is 1. The Bertz CT molecular complexity index is 1750. The fraction of sp³-hybridized carbons (Fsp3) is 0.226. The first-order chi connectivity index (χ1) is 17.1. The molecule has 0 atom stereocenters. The summed E-state index contributed by atoms with van der Waals surface area (Å²) in [5.74, 6) is 0.838. The van der Waals surface area contributed by atoms with E-state index in [4.69, 9.17) is 14.4 Å². The average Bonchev–Trinajstić information content (AvgIpc) is 3.41. The molecule has 3 aromatic heterocycles. The summed E-state index contributed by atoms with van der Waals surface area (Å²) in [6.07, 6.45) is 1.98. The number of aromatic nitrogens is 3. The molecule has 0 amide bonds. The van der Waals surface area contributed by atoms with Crippen LogP contribution < -0.4 is 5.19 Å². The highest BCUT2D eigenvalue weighted by Gasteiger charge is 2.23. The molecule has 0 saturated carbocycles. The number of pyridine rings is 1. The van der Waals surface area contributed by atoms with E-state index < -0.39 is 8.07 Å². The predicted octanol–water partition coefficient (Wildman–Crippen LogP) is 7.83. The van der Waals surface area contributed by atoms with Crippen LogP contribution in [0.15, 0.2) is 83.4 Å². The monoisotopic (exact) mass is 489 g/mol. The summed E-state index contributed by atoms with van der Waals surface area (Å²) in [5, 5.41) is 3.65. The van der Waals surface area contributed by atoms with Crippen LogP contribution in [-0.2, 0) is 5.41 Å². The number of hydrogen-bond donors (Lipinski definition) is 0. The normalized spacial score (nSPS) is 12.7. The van der Waals surface area contributed by atoms with Gasteiger partial charge in [-0.15, -0.1) is 0 Å². The SMILES string of the molecule is CC(C)(C)c1cnc2c(c1)nc(-c1cccc3c1oc1cc([Si](C)(C)C)ccc13)n2-c1ccccc1. The molecule has 0 aliphatic heterocycles. The van der Waals surface area contributed by atoms with Crippen LogP contribution in [0.5, 0.6) is 0 Å². The first-order valence-electron chi connectivity index (χ1n) is 12.5. The zero-order valence-corrected chi connectivity index (χ0v) is 22.8. The van der Waals surface area contributed by atoms with Crippen molar-refractivity contribution in [3.8, 4) is 17.1 Å². The summed E-state index contributed by atoms with van der Waals surface area (Å²) in [4.78, 5) is 10.1. The van der Waals surface area contributed by atoms with Gasteiger partial charge in [0.2, 0.25) is 0 Å². The Morgan fingerprint density at radius 2 is 1.61 bits per heavy atom. The van der Waals surface area contributed by atoms with Crippen molar-refractivity contribution in [2.75, 3.05) is 0 Å². The zero-order valence-electron chi connectivity index (χ0n) is 21.8. The van der Waals surface area contributed by atoms with E-state index in [0.717, 1.165) is 50.2 Å². The highest BCUT2D eigenvalue weighted by molar-refractivity contribution is 6.88. The van der Waals surface area contributed by atoms with E-state index in [9.17, 15) is 0 Å². The van der Waals surface area contributed by atoms with Crippen molar-refractivity contribution in [1.29, 1.82) is 0 Å². The summed E-state index contributed by atoms with van der Waals surface area (Å²) in [6.45, 7) is 13.7. The minimum Gasteiger partial charge on any atom is -0.455 e. The van der Waals surface area contributed by atoms with Gasteiger partial charge in [-0.25, -0.2) is 9.97 Å². The molecule has 0 unspecified atom stereocenters. The molecule has 180 valence electrons. The summed E-state index contributed by atoms with van der Waals surface area (Å²) in [7, 11) is -1.46. The van der Waals surface area contributed by atoms with E-state index in [1.807, 2.05) is 24.4 Å². The van der Waals surface area contributed by atoms with E-state index in [1.54, 1.807) is 0 Å². The third kappa shape index (κ3) is 3.66. The van der Waals surface area contributed by atoms with Crippen LogP contribution in [0.25, 0.3) is 50.2 Å². The van der Waals surface area contributed by atoms with Gasteiger partial charge in [-0.05, 0) is 41.3 Å². The van der Waals surface area contributed by atoms with Gasteiger partial charge in [-0.1, -0.05) is 88.1 Å². The predicted molar refractivity (Wildman–Crippen MR) is 153 cm³/mol. The van der Waals surface area contributed by atoms with E-state index in [2.05, 4.69) is 99.6 Å². The standard InChI is InChI=1S/C31H31N3OSi/c1-31(2,3)20-17-26-30(32-19-20)34(21-11-8-7-9-12-21)29(33-26)25-14-10-13-24-23-16-15-22(36(4,5)6)18-27(23)35-28(24)25/h7-19H,1-6H3. The molecule has 6 aromatic rings. The molecule has 0 saturated heterocycles. The topological polar surface area (TPSA) is 43.9 Å². The van der Waals surface area contributed by atoms with Crippen molar-refractivity contribution in [2.24, 2.45) is 0 Å². The van der Waals surface area contributed by atoms with Gasteiger partial charge >= 0.3 is 0 Å². The van der Waals surface area contributed by atoms with Crippen LogP contribution >= 0.6 is 0 Å². The van der Waals surface area contributed by atoms with E-state index >= 15 is 0 Å². The molecule has 0 spiro atoms. The molecular weight excluding hydrogens is 458 g/mol. The Morgan fingerprint density at radius 1 is 0.833 bits per heavy atom. The van der Waals surface area contributed by atoms with E-state index in [-0.39, 0.29) is 5.41 Å². The van der Waals surface area contributed by atoms with Crippen LogP contribution in [-0.4, -0.2) is 22.6 Å². The number of benzene rings is 3. The lowest BCUT2D eigenvalue weighted by Crippen LogP contribution is -2.37. The average molecular weight is 490 g/mol. The fourth-order valence-corrected chi connectivity index (χ4v) is 5.97. The lowest BCUT2D eigenvalue weighted by atomic mass is 9.88. The molecule has 0 aliphatic carbocycles. The molecule has 0 bridgehead atoms. The van der Waals surface area contributed by atoms with Gasteiger partial charge in [0, 0.05) is 22.7 Å². The van der Waals surface area contributed by atoms with Gasteiger partial charge in [0.15, 0.2) is 11.5 Å². The second-order valence-corrected chi connectivity index (χ2v) is 16.7. The molecule has 0 fully saturated rings. The van der Waals surface area contributed by atoms with Crippen molar-refractivity contribution >= 4 is 46.4 Å². The Hall–Kier alpha value is -3.70. The number of imidazole rings is 1. The van der Waals surface area contributed by atoms with E-state index in [1.165, 1.54) is 10.8 Å². The second kappa shape index (κ2) is 7.90. The number of nitrogens with zero attached hydrogens (tertiary/aromatic N) is 3. The Kier molecular flexibility index (Phi) is 4.99. The molecule has 0 radical (unpaired) electrons. The van der Waals surface area contributed by atoms with Crippen LogP contribution in [0, 0.1) is 0 Å². The van der Waals surface area contributed by atoms with Crippen LogP contribution in [0.3, 0.4) is 0 Å². The minimum absolute atomic E-state index is 0.00922. The maximum atomic E-state index is 6.59. The number of hydrogen-bond acceptors (Lipinski definition) is 3. The van der Waals surface area contributed by atoms with Gasteiger partial charge in [0.05, 0.1) is 13.6 Å². The van der Waals surface area contributed by atoms with Crippen LogP contribution in [0.2, 0.25) is 19.6 Å². The molecule has 4 nitrogen and oxygen atoms in total. The Morgan fingerprint density at radius 3 is 2.33 bits per heavy atom. The molecule has 0 aliphatic rings. The van der Waals surface area contributed by atoms with Crippen molar-refractivity contribution < 1.29 is 4.42 Å². The molecule has 0 N–H and O–H groups in total. The summed E-state index contributed by atoms with van der Waals surface area (Å²) in [6, 6.07) is 25.6. The number of para-hydroxylation sites is 2. The van der Waals surface area contributed by atoms with Gasteiger partial charge in [-0.2, -0.15) is 0 Å². The van der Waals surface area contributed by atoms with Crippen molar-refractivity contribution in [3.63, 3.8) is 0 Å². The first-order valence-corrected chi connectivity index (χ1v) is 16.0. The lowest BCUT2D eigenvalue weighted by molar-refractivity contribution is 0.588.